The Morgan fingerprint density at radius 2 is 2.00 bits per heavy atom. The third kappa shape index (κ3) is 5.38. The summed E-state index contributed by atoms with van der Waals surface area (Å²) in [5.74, 6) is -0.665. The van der Waals surface area contributed by atoms with Crippen molar-refractivity contribution in [3.63, 3.8) is 0 Å². The second-order valence-electron chi connectivity index (χ2n) is 5.89. The fraction of sp³-hybridized carbons (Fsp3) is 0.500. The molecule has 1 aromatic carbocycles. The summed E-state index contributed by atoms with van der Waals surface area (Å²) in [5.41, 5.74) is 5.21. The number of piperidine rings is 1. The van der Waals surface area contributed by atoms with Crippen molar-refractivity contribution in [2.45, 2.75) is 31.1 Å². The fourth-order valence-corrected chi connectivity index (χ4v) is 4.32. The zero-order valence-corrected chi connectivity index (χ0v) is 15.8. The van der Waals surface area contributed by atoms with Crippen LogP contribution in [0.25, 0.3) is 0 Å². The van der Waals surface area contributed by atoms with Gasteiger partial charge in [0, 0.05) is 19.6 Å². The lowest BCUT2D eigenvalue weighted by atomic mass is 9.99. The van der Waals surface area contributed by atoms with Gasteiger partial charge in [-0.3, -0.25) is 15.6 Å². The molecular formula is C16H24N4O3S2. The number of hydrogen-bond acceptors (Lipinski definition) is 4. The number of benzene rings is 1. The van der Waals surface area contributed by atoms with E-state index in [1.807, 2.05) is 6.92 Å². The van der Waals surface area contributed by atoms with Crippen molar-refractivity contribution in [3.05, 3.63) is 30.3 Å². The average Bonchev–Trinajstić information content (AvgIpc) is 2.65. The number of carbonyl (C=O) groups excluding carboxylic acids is 1. The van der Waals surface area contributed by atoms with Crippen LogP contribution < -0.4 is 16.2 Å². The maximum Gasteiger partial charge on any atom is 0.243 e. The monoisotopic (exact) mass is 384 g/mol. The predicted octanol–water partition coefficient (Wildman–Crippen LogP) is 0.993. The molecule has 1 fully saturated rings. The lowest BCUT2D eigenvalue weighted by Gasteiger charge is -2.31. The third-order valence-electron chi connectivity index (χ3n) is 3.97. The van der Waals surface area contributed by atoms with Gasteiger partial charge in [-0.15, -0.1) is 0 Å². The van der Waals surface area contributed by atoms with Crippen LogP contribution in [0.3, 0.4) is 0 Å². The van der Waals surface area contributed by atoms with Gasteiger partial charge in [0.25, 0.3) is 0 Å². The minimum absolute atomic E-state index is 0.167. The second kappa shape index (κ2) is 9.12. The first kappa shape index (κ1) is 19.6. The largest absolute Gasteiger partial charge is 0.361 e. The van der Waals surface area contributed by atoms with Crippen molar-refractivity contribution < 1.29 is 13.2 Å². The van der Waals surface area contributed by atoms with E-state index in [-0.39, 0.29) is 17.3 Å². The van der Waals surface area contributed by atoms with E-state index in [0.717, 1.165) is 6.42 Å². The first-order valence-electron chi connectivity index (χ1n) is 8.34. The molecule has 138 valence electrons. The van der Waals surface area contributed by atoms with E-state index < -0.39 is 15.9 Å². The van der Waals surface area contributed by atoms with Crippen LogP contribution in [0.1, 0.15) is 26.2 Å². The number of thiocarbonyl (C=S) groups is 1. The summed E-state index contributed by atoms with van der Waals surface area (Å²) in [6, 6.07) is 8.29. The quantitative estimate of drug-likeness (QED) is 0.518. The molecule has 9 heteroatoms. The molecule has 1 atom stereocenters. The Bertz CT molecular complexity index is 695. The van der Waals surface area contributed by atoms with Gasteiger partial charge in [-0.2, -0.15) is 4.31 Å². The Hall–Kier alpha value is -1.71. The summed E-state index contributed by atoms with van der Waals surface area (Å²) in [7, 11) is -3.58. The lowest BCUT2D eigenvalue weighted by molar-refractivity contribution is -0.126. The average molecular weight is 385 g/mol. The molecule has 3 N–H and O–H groups in total. The second-order valence-corrected chi connectivity index (χ2v) is 8.23. The molecule has 1 aliphatic rings. The molecule has 1 amide bonds. The molecular weight excluding hydrogens is 360 g/mol. The fourth-order valence-electron chi connectivity index (χ4n) is 2.62. The van der Waals surface area contributed by atoms with Crippen LogP contribution >= 0.6 is 12.2 Å². The van der Waals surface area contributed by atoms with Gasteiger partial charge < -0.3 is 5.32 Å². The highest BCUT2D eigenvalue weighted by molar-refractivity contribution is 7.89. The van der Waals surface area contributed by atoms with Crippen LogP contribution in [0.5, 0.6) is 0 Å². The highest BCUT2D eigenvalue weighted by Gasteiger charge is 2.33. The molecule has 0 saturated carbocycles. The number of rotatable bonds is 5. The minimum Gasteiger partial charge on any atom is -0.361 e. The van der Waals surface area contributed by atoms with Crippen LogP contribution in [0.2, 0.25) is 0 Å². The number of amides is 1. The number of sulfonamides is 1. The van der Waals surface area contributed by atoms with Crippen molar-refractivity contribution in [2.24, 2.45) is 5.92 Å². The first-order chi connectivity index (χ1) is 11.9. The smallest absolute Gasteiger partial charge is 0.243 e. The number of carbonyl (C=O) groups is 1. The topological polar surface area (TPSA) is 90.5 Å². The molecule has 0 spiro atoms. The molecule has 0 bridgehead atoms. The molecule has 7 nitrogen and oxygen atoms in total. The number of nitrogens with one attached hydrogen (secondary N) is 3. The summed E-state index contributed by atoms with van der Waals surface area (Å²) in [5, 5.41) is 3.29. The number of nitrogens with zero attached hydrogens (tertiary/aromatic N) is 1. The van der Waals surface area contributed by atoms with Crippen LogP contribution in [-0.2, 0) is 14.8 Å². The Balaban J connectivity index is 1.94. The summed E-state index contributed by atoms with van der Waals surface area (Å²) < 4.78 is 26.8. The van der Waals surface area contributed by atoms with E-state index in [1.165, 1.54) is 4.31 Å². The molecule has 2 rings (SSSR count). The van der Waals surface area contributed by atoms with Crippen LogP contribution in [0.4, 0.5) is 0 Å². The Morgan fingerprint density at radius 3 is 2.68 bits per heavy atom. The molecule has 1 aromatic rings. The summed E-state index contributed by atoms with van der Waals surface area (Å²) >= 11 is 5.04. The Labute approximate surface area is 154 Å². The molecule has 0 radical (unpaired) electrons. The molecule has 1 unspecified atom stereocenters. The van der Waals surface area contributed by atoms with E-state index >= 15 is 0 Å². The summed E-state index contributed by atoms with van der Waals surface area (Å²) in [4.78, 5) is 12.6. The zero-order valence-electron chi connectivity index (χ0n) is 14.2. The number of hydrogen-bond donors (Lipinski definition) is 3. The highest BCUT2D eigenvalue weighted by Crippen LogP contribution is 2.23. The van der Waals surface area contributed by atoms with Gasteiger partial charge in [0.2, 0.25) is 15.9 Å². The van der Waals surface area contributed by atoms with Crippen molar-refractivity contribution in [1.29, 1.82) is 0 Å². The molecule has 0 aliphatic carbocycles. The van der Waals surface area contributed by atoms with Crippen LogP contribution in [0.15, 0.2) is 35.2 Å². The minimum atomic E-state index is -3.58. The van der Waals surface area contributed by atoms with E-state index in [2.05, 4.69) is 16.2 Å². The first-order valence-corrected chi connectivity index (χ1v) is 10.2. The predicted molar refractivity (Wildman–Crippen MR) is 100 cm³/mol. The molecule has 0 aromatic heterocycles. The standard InChI is InChI=1S/C16H24N4O3S2/c1-2-10-17-16(24)19-18-15(21)13-7-6-11-20(12-13)25(22,23)14-8-4-3-5-9-14/h3-5,8-9,13H,2,6-7,10-12H2,1H3,(H,18,21)(H2,17,19,24). The van der Waals surface area contributed by atoms with E-state index in [1.54, 1.807) is 30.3 Å². The van der Waals surface area contributed by atoms with Gasteiger partial charge in [-0.1, -0.05) is 25.1 Å². The van der Waals surface area contributed by atoms with Gasteiger partial charge in [0.15, 0.2) is 5.11 Å². The van der Waals surface area contributed by atoms with Gasteiger partial charge in [-0.25, -0.2) is 8.42 Å². The normalized spacial score (nSPS) is 18.4. The third-order valence-corrected chi connectivity index (χ3v) is 6.10. The van der Waals surface area contributed by atoms with Gasteiger partial charge >= 0.3 is 0 Å². The maximum absolute atomic E-state index is 12.7. The summed E-state index contributed by atoms with van der Waals surface area (Å²) in [6.07, 6.45) is 2.21. The molecule has 1 saturated heterocycles. The van der Waals surface area contributed by atoms with E-state index in [4.69, 9.17) is 12.2 Å². The molecule has 1 aliphatic heterocycles. The van der Waals surface area contributed by atoms with Crippen LogP contribution in [0, 0.1) is 5.92 Å². The molecule has 1 heterocycles. The zero-order chi connectivity index (χ0) is 18.3. The maximum atomic E-state index is 12.7. The van der Waals surface area contributed by atoms with Crippen LogP contribution in [-0.4, -0.2) is 43.4 Å². The van der Waals surface area contributed by atoms with Crippen molar-refractivity contribution in [1.82, 2.24) is 20.5 Å². The van der Waals surface area contributed by atoms with Crippen molar-refractivity contribution >= 4 is 33.3 Å². The number of hydrazine groups is 1. The Morgan fingerprint density at radius 1 is 1.28 bits per heavy atom. The van der Waals surface area contributed by atoms with E-state index in [0.29, 0.717) is 31.0 Å². The SMILES string of the molecule is CCCNC(=S)NNC(=O)C1CCCN(S(=O)(=O)c2ccccc2)C1. The Kier molecular flexibility index (Phi) is 7.15. The molecule has 25 heavy (non-hydrogen) atoms. The van der Waals surface area contributed by atoms with Gasteiger partial charge in [0.05, 0.1) is 10.8 Å². The van der Waals surface area contributed by atoms with E-state index in [9.17, 15) is 13.2 Å². The van der Waals surface area contributed by atoms with Gasteiger partial charge in [-0.05, 0) is 43.6 Å². The van der Waals surface area contributed by atoms with Crippen molar-refractivity contribution in [3.8, 4) is 0 Å². The van der Waals surface area contributed by atoms with Crippen molar-refractivity contribution in [2.75, 3.05) is 19.6 Å². The summed E-state index contributed by atoms with van der Waals surface area (Å²) in [6.45, 7) is 3.32. The lowest BCUT2D eigenvalue weighted by Crippen LogP contribution is -2.52. The highest BCUT2D eigenvalue weighted by atomic mass is 32.2. The van der Waals surface area contributed by atoms with Gasteiger partial charge in [0.1, 0.15) is 0 Å².